The van der Waals surface area contributed by atoms with Crippen molar-refractivity contribution in [2.45, 2.75) is 19.5 Å². The Bertz CT molecular complexity index is 2650. The number of benzene rings is 1. The highest BCUT2D eigenvalue weighted by Crippen LogP contribution is 2.22. The van der Waals surface area contributed by atoms with E-state index in [9.17, 15) is 19.2 Å². The number of hydrogen-bond donors (Lipinski definition) is 4. The van der Waals surface area contributed by atoms with Crippen molar-refractivity contribution < 1.29 is 19.2 Å². The van der Waals surface area contributed by atoms with Crippen LogP contribution in [0.1, 0.15) is 17.5 Å². The number of rotatable bonds is 11. The Morgan fingerprint density at radius 1 is 0.642 bits per heavy atom. The van der Waals surface area contributed by atoms with Crippen LogP contribution in [0, 0.1) is 0 Å². The highest BCUT2D eigenvalue weighted by atomic mass is 79.9. The highest BCUT2D eigenvalue weighted by Gasteiger charge is 2.16. The van der Waals surface area contributed by atoms with Crippen LogP contribution in [0.25, 0.3) is 11.6 Å². The Kier molecular flexibility index (Phi) is 21.1. The van der Waals surface area contributed by atoms with Crippen LogP contribution in [0.3, 0.4) is 0 Å². The van der Waals surface area contributed by atoms with E-state index in [4.69, 9.17) is 5.73 Å². The smallest absolute Gasteiger partial charge is 0.247 e. The number of carbonyl (C=O) groups is 4. The Labute approximate surface area is 418 Å². The number of nitrogen functional groups attached to an aromatic ring is 1. The predicted octanol–water partition coefficient (Wildman–Crippen LogP) is 7.32. The molecule has 0 atom stereocenters. The Hall–Kier alpha value is -6.82. The number of nitrogens with zero attached hydrogens (tertiary/aromatic N) is 11. The van der Waals surface area contributed by atoms with Gasteiger partial charge in [-0.1, -0.05) is 62.8 Å². The van der Waals surface area contributed by atoms with Gasteiger partial charge in [0.2, 0.25) is 23.6 Å². The van der Waals surface area contributed by atoms with Gasteiger partial charge in [0.25, 0.3) is 0 Å². The van der Waals surface area contributed by atoms with Gasteiger partial charge in [-0.05, 0) is 126 Å². The molecule has 1 aliphatic rings. The van der Waals surface area contributed by atoms with E-state index < -0.39 is 0 Å². The summed E-state index contributed by atoms with van der Waals surface area (Å²) >= 11 is 12.8. The molecule has 5 N–H and O–H groups in total. The monoisotopic (exact) mass is 1160 g/mol. The summed E-state index contributed by atoms with van der Waals surface area (Å²) in [6.07, 6.45) is 19.0. The number of nitrogens with one attached hydrogen (secondary N) is 3. The normalized spacial score (nSPS) is 11.6. The molecule has 67 heavy (non-hydrogen) atoms. The standard InChI is InChI=1S/C23H22N6O2.C9H8BrN5O.C7H6Br2N2O.C5H5BrN2/c30-22(17-29-15-12-25-27-29)26-21-8-6-18(16-24-21)7-9-23(31)28-13-10-20(11-14-28)19-4-2-1-3-5-19;10-7-1-2-8(11-5-7)13-9(16)6-15-4-3-12-14-15;8-3-7(12)11-6-2-1-5(9)4-10-6;6-4-1-2-5(7)8-3-4/h1-10,12,15-16H,11,13-14,17H2,(H,24,26,30);1-5H,6H2,(H,11,13,16);1-2,4H,3H2,(H,10,11,12);1-3H,(H2,7,8)/b9-7+;;;. The molecule has 7 aromatic rings. The summed E-state index contributed by atoms with van der Waals surface area (Å²) < 4.78 is 5.57. The number of carbonyl (C=O) groups excluding carboxylic acids is 4. The number of anilines is 4. The quantitative estimate of drug-likeness (QED) is 0.0734. The molecule has 0 saturated carbocycles. The molecule has 19 nitrogen and oxygen atoms in total. The van der Waals surface area contributed by atoms with Crippen molar-refractivity contribution in [3.05, 3.63) is 165 Å². The van der Waals surface area contributed by atoms with Crippen molar-refractivity contribution in [3.8, 4) is 0 Å². The van der Waals surface area contributed by atoms with Gasteiger partial charge in [-0.15, -0.1) is 10.2 Å². The minimum atomic E-state index is -0.246. The maximum absolute atomic E-state index is 12.5. The fourth-order valence-corrected chi connectivity index (χ4v) is 6.23. The number of nitrogens with two attached hydrogens (primary N) is 1. The van der Waals surface area contributed by atoms with Crippen molar-refractivity contribution in [1.82, 2.24) is 54.8 Å². The van der Waals surface area contributed by atoms with Crippen LogP contribution in [0.5, 0.6) is 0 Å². The lowest BCUT2D eigenvalue weighted by molar-refractivity contribution is -0.125. The van der Waals surface area contributed by atoms with Crippen LogP contribution in [0.4, 0.5) is 23.3 Å². The van der Waals surface area contributed by atoms with Crippen molar-refractivity contribution in [1.29, 1.82) is 0 Å². The van der Waals surface area contributed by atoms with Crippen LogP contribution in [-0.2, 0) is 32.3 Å². The topological polar surface area (TPSA) is 247 Å². The molecule has 6 aromatic heterocycles. The second-order valence-corrected chi connectivity index (χ2v) is 16.9. The zero-order valence-corrected chi connectivity index (χ0v) is 41.6. The van der Waals surface area contributed by atoms with Gasteiger partial charge in [0, 0.05) is 69.8 Å². The summed E-state index contributed by atoms with van der Waals surface area (Å²) in [7, 11) is 0. The molecule has 0 unspecified atom stereocenters. The molecule has 23 heteroatoms. The predicted molar refractivity (Wildman–Crippen MR) is 269 cm³/mol. The van der Waals surface area contributed by atoms with Crippen LogP contribution in [-0.4, -0.2) is 96.9 Å². The average molecular weight is 1160 g/mol. The lowest BCUT2D eigenvalue weighted by atomic mass is 9.99. The van der Waals surface area contributed by atoms with Gasteiger partial charge in [-0.25, -0.2) is 29.3 Å². The first kappa shape index (κ1) is 51.2. The van der Waals surface area contributed by atoms with E-state index in [1.54, 1.807) is 85.7 Å². The summed E-state index contributed by atoms with van der Waals surface area (Å²) in [4.78, 5) is 64.7. The molecule has 7 heterocycles. The zero-order valence-electron chi connectivity index (χ0n) is 35.2. The molecular formula is C44H41Br4N15O4. The first-order valence-corrected chi connectivity index (χ1v) is 23.3. The third-order valence-corrected chi connectivity index (χ3v) is 10.5. The Morgan fingerprint density at radius 2 is 1.16 bits per heavy atom. The maximum Gasteiger partial charge on any atom is 0.247 e. The van der Waals surface area contributed by atoms with E-state index >= 15 is 0 Å². The van der Waals surface area contributed by atoms with E-state index in [0.29, 0.717) is 36.4 Å². The van der Waals surface area contributed by atoms with Gasteiger partial charge in [0.05, 0.1) is 17.7 Å². The first-order chi connectivity index (χ1) is 32.4. The lowest BCUT2D eigenvalue weighted by Crippen LogP contribution is -2.33. The zero-order chi connectivity index (χ0) is 47.8. The van der Waals surface area contributed by atoms with Crippen molar-refractivity contribution in [3.63, 3.8) is 0 Å². The minimum Gasteiger partial charge on any atom is -0.384 e. The summed E-state index contributed by atoms with van der Waals surface area (Å²) in [6.45, 7) is 1.48. The Morgan fingerprint density at radius 3 is 1.58 bits per heavy atom. The van der Waals surface area contributed by atoms with E-state index in [1.165, 1.54) is 32.9 Å². The largest absolute Gasteiger partial charge is 0.384 e. The molecule has 0 fully saturated rings. The van der Waals surface area contributed by atoms with Gasteiger partial charge in [-0.3, -0.25) is 19.2 Å². The number of pyridine rings is 4. The number of amides is 4. The molecule has 4 amide bonds. The molecule has 1 aliphatic heterocycles. The SMILES string of the molecule is Nc1ccc(Br)cn1.O=C(CBr)Nc1ccc(Br)cn1.O=C(Cn1ccnn1)Nc1ccc(/C=C/C(=O)N2CC=C(c3ccccc3)CC2)cn1.O=C(Cn1ccnn1)Nc1ccc(Br)cn1. The third kappa shape index (κ3) is 19.3. The number of aromatic nitrogens is 10. The fraction of sp³-hybridized carbons (Fsp3) is 0.136. The third-order valence-electron chi connectivity index (χ3n) is 8.55. The molecule has 8 rings (SSSR count). The second kappa shape index (κ2) is 27.6. The van der Waals surface area contributed by atoms with Crippen LogP contribution >= 0.6 is 63.7 Å². The molecule has 344 valence electrons. The molecule has 0 bridgehead atoms. The Balaban J connectivity index is 0.000000193. The summed E-state index contributed by atoms with van der Waals surface area (Å²) in [5, 5.41) is 22.9. The number of alkyl halides is 1. The van der Waals surface area contributed by atoms with Crippen LogP contribution < -0.4 is 21.7 Å². The van der Waals surface area contributed by atoms with Crippen molar-refractivity contribution in [2.24, 2.45) is 0 Å². The average Bonchev–Trinajstić information content (AvgIpc) is 4.07. The minimum absolute atomic E-state index is 0.0337. The summed E-state index contributed by atoms with van der Waals surface area (Å²) in [5.74, 6) is 1.47. The summed E-state index contributed by atoms with van der Waals surface area (Å²) in [5.41, 5.74) is 8.56. The second-order valence-electron chi connectivity index (χ2n) is 13.5. The van der Waals surface area contributed by atoms with E-state index in [0.717, 1.165) is 25.4 Å². The lowest BCUT2D eigenvalue weighted by Gasteiger charge is -2.25. The molecule has 0 spiro atoms. The van der Waals surface area contributed by atoms with Gasteiger partial charge in [0.1, 0.15) is 36.4 Å². The molecule has 0 saturated heterocycles. The van der Waals surface area contributed by atoms with E-state index in [1.807, 2.05) is 35.2 Å². The van der Waals surface area contributed by atoms with Gasteiger partial charge >= 0.3 is 0 Å². The van der Waals surface area contributed by atoms with Crippen LogP contribution in [0.2, 0.25) is 0 Å². The van der Waals surface area contributed by atoms with E-state index in [2.05, 4.69) is 138 Å². The van der Waals surface area contributed by atoms with E-state index in [-0.39, 0.29) is 42.0 Å². The molecule has 0 aliphatic carbocycles. The molecule has 1 aromatic carbocycles. The fourth-order valence-electron chi connectivity index (χ4n) is 5.39. The highest BCUT2D eigenvalue weighted by molar-refractivity contribution is 9.11. The van der Waals surface area contributed by atoms with Crippen molar-refractivity contribution >= 4 is 122 Å². The number of halogens is 4. The van der Waals surface area contributed by atoms with Gasteiger partial charge < -0.3 is 26.6 Å². The van der Waals surface area contributed by atoms with Gasteiger partial charge in [0.15, 0.2) is 0 Å². The first-order valence-electron chi connectivity index (χ1n) is 19.8. The van der Waals surface area contributed by atoms with Crippen LogP contribution in [0.15, 0.2) is 154 Å². The number of hydrogen-bond acceptors (Lipinski definition) is 13. The molecular weight excluding hydrogens is 1120 g/mol. The van der Waals surface area contributed by atoms with Crippen molar-refractivity contribution in [2.75, 3.05) is 40.1 Å². The summed E-state index contributed by atoms with van der Waals surface area (Å²) in [6, 6.07) is 24.4. The molecule has 0 radical (unpaired) electrons. The maximum atomic E-state index is 12.5. The van der Waals surface area contributed by atoms with Gasteiger partial charge in [-0.2, -0.15) is 0 Å².